The molecule has 32 heavy (non-hydrogen) atoms. The van der Waals surface area contributed by atoms with E-state index in [2.05, 4.69) is 5.32 Å². The molecule has 2 aliphatic rings. The summed E-state index contributed by atoms with van der Waals surface area (Å²) in [4.78, 5) is 15.0. The van der Waals surface area contributed by atoms with Crippen molar-refractivity contribution in [2.45, 2.75) is 51.2 Å². The molecule has 1 fully saturated rings. The molecule has 7 heteroatoms. The van der Waals surface area contributed by atoms with Crippen LogP contribution in [0.3, 0.4) is 0 Å². The van der Waals surface area contributed by atoms with E-state index in [-0.39, 0.29) is 18.2 Å². The number of ether oxygens (including phenoxy) is 4. The molecule has 7 nitrogen and oxygen atoms in total. The summed E-state index contributed by atoms with van der Waals surface area (Å²) >= 11 is 0. The fourth-order valence-electron chi connectivity index (χ4n) is 4.65. The van der Waals surface area contributed by atoms with Gasteiger partial charge in [0.05, 0.1) is 33.5 Å². The first-order valence-corrected chi connectivity index (χ1v) is 11.2. The smallest absolute Gasteiger partial charge is 0.322 e. The van der Waals surface area contributed by atoms with Crippen LogP contribution in [0.25, 0.3) is 0 Å². The predicted octanol–water partition coefficient (Wildman–Crippen LogP) is 5.19. The Morgan fingerprint density at radius 3 is 2.31 bits per heavy atom. The average molecular weight is 441 g/mol. The number of nitrogens with one attached hydrogen (secondary N) is 1. The highest BCUT2D eigenvalue weighted by atomic mass is 16.5. The van der Waals surface area contributed by atoms with Crippen LogP contribution in [-0.4, -0.2) is 44.9 Å². The topological polar surface area (TPSA) is 69.3 Å². The second-order valence-corrected chi connectivity index (χ2v) is 8.35. The first kappa shape index (κ1) is 22.1. The minimum atomic E-state index is -0.144. The van der Waals surface area contributed by atoms with Crippen molar-refractivity contribution >= 4 is 11.7 Å². The Morgan fingerprint density at radius 1 is 0.938 bits per heavy atom. The van der Waals surface area contributed by atoms with Crippen LogP contribution in [0.4, 0.5) is 10.5 Å². The van der Waals surface area contributed by atoms with Crippen molar-refractivity contribution in [2.75, 3.05) is 33.2 Å². The molecule has 1 unspecified atom stereocenters. The van der Waals surface area contributed by atoms with Gasteiger partial charge in [-0.3, -0.25) is 0 Å². The summed E-state index contributed by atoms with van der Waals surface area (Å²) in [5, 5.41) is 3.04. The summed E-state index contributed by atoms with van der Waals surface area (Å²) in [6.45, 7) is 2.66. The lowest BCUT2D eigenvalue weighted by molar-refractivity contribution is 0.188. The quantitative estimate of drug-likeness (QED) is 0.670. The Hall–Kier alpha value is -3.09. The van der Waals surface area contributed by atoms with Gasteiger partial charge >= 0.3 is 6.03 Å². The lowest BCUT2D eigenvalue weighted by atomic mass is 9.93. The van der Waals surface area contributed by atoms with Crippen molar-refractivity contribution in [1.82, 2.24) is 4.90 Å². The summed E-state index contributed by atoms with van der Waals surface area (Å²) in [6.07, 6.45) is 5.45. The van der Waals surface area contributed by atoms with Gasteiger partial charge < -0.3 is 29.2 Å². The third-order valence-electron chi connectivity index (χ3n) is 6.46. The molecule has 0 aromatic heterocycles. The number of nitrogens with zero attached hydrogens (tertiary/aromatic N) is 1. The van der Waals surface area contributed by atoms with Crippen LogP contribution in [0, 0.1) is 0 Å². The van der Waals surface area contributed by atoms with Crippen molar-refractivity contribution < 1.29 is 23.7 Å². The molecular weight excluding hydrogens is 408 g/mol. The molecule has 0 spiro atoms. The number of methoxy groups -OCH3 is 3. The van der Waals surface area contributed by atoms with Crippen LogP contribution in [0.1, 0.15) is 49.8 Å². The van der Waals surface area contributed by atoms with Crippen LogP contribution in [0.5, 0.6) is 23.0 Å². The minimum Gasteiger partial charge on any atom is -0.493 e. The van der Waals surface area contributed by atoms with Crippen molar-refractivity contribution in [3.05, 3.63) is 41.5 Å². The second-order valence-electron chi connectivity index (χ2n) is 8.35. The summed E-state index contributed by atoms with van der Waals surface area (Å²) in [5.74, 6) is 2.73. The van der Waals surface area contributed by atoms with E-state index < -0.39 is 0 Å². The Balaban J connectivity index is 1.50. The highest BCUT2D eigenvalue weighted by Gasteiger charge is 2.29. The number of carbonyl (C=O) groups excluding carboxylic acids is 1. The minimum absolute atomic E-state index is 0.0917. The standard InChI is InChI=1S/C25H32N2O5/c1-16-20-15-23(31-4)22(30-3)13-17(20)11-12-27(16)25(28)26-18-9-10-21(29-2)24(14-18)32-19-7-5-6-8-19/h9-10,13-16,19H,5-8,11-12H2,1-4H3,(H,26,28). The van der Waals surface area contributed by atoms with Gasteiger partial charge in [-0.25, -0.2) is 4.79 Å². The SMILES string of the molecule is COc1cc2c(cc1OC)C(C)N(C(=O)Nc1ccc(OC)c(OC3CCCC3)c1)CC2. The van der Waals surface area contributed by atoms with E-state index in [4.69, 9.17) is 18.9 Å². The maximum Gasteiger partial charge on any atom is 0.322 e. The molecule has 1 saturated carbocycles. The van der Waals surface area contributed by atoms with E-state index in [1.54, 1.807) is 21.3 Å². The van der Waals surface area contributed by atoms with E-state index in [1.165, 1.54) is 18.4 Å². The number of fused-ring (bicyclic) bond motifs is 1. The van der Waals surface area contributed by atoms with E-state index >= 15 is 0 Å². The van der Waals surface area contributed by atoms with Crippen molar-refractivity contribution in [1.29, 1.82) is 0 Å². The molecule has 1 atom stereocenters. The van der Waals surface area contributed by atoms with Gasteiger partial charge in [-0.2, -0.15) is 0 Å². The Kier molecular flexibility index (Phi) is 6.63. The maximum atomic E-state index is 13.2. The number of hydrogen-bond acceptors (Lipinski definition) is 5. The van der Waals surface area contributed by atoms with Gasteiger partial charge in [0, 0.05) is 18.3 Å². The molecule has 0 bridgehead atoms. The Labute approximate surface area is 189 Å². The number of carbonyl (C=O) groups is 1. The van der Waals surface area contributed by atoms with Crippen molar-refractivity contribution in [3.8, 4) is 23.0 Å². The molecule has 1 aliphatic heterocycles. The second kappa shape index (κ2) is 9.59. The van der Waals surface area contributed by atoms with Gasteiger partial charge in [-0.1, -0.05) is 0 Å². The molecule has 1 N–H and O–H groups in total. The third kappa shape index (κ3) is 4.42. The molecule has 172 valence electrons. The zero-order valence-electron chi connectivity index (χ0n) is 19.3. The zero-order valence-corrected chi connectivity index (χ0v) is 19.3. The number of urea groups is 1. The number of benzene rings is 2. The first-order chi connectivity index (χ1) is 15.5. The third-order valence-corrected chi connectivity index (χ3v) is 6.46. The summed E-state index contributed by atoms with van der Waals surface area (Å²) in [7, 11) is 4.89. The normalized spacial score (nSPS) is 18.1. The van der Waals surface area contributed by atoms with Crippen molar-refractivity contribution in [3.63, 3.8) is 0 Å². The molecular formula is C25H32N2O5. The highest BCUT2D eigenvalue weighted by Crippen LogP contribution is 2.38. The van der Waals surface area contributed by atoms with Crippen LogP contribution in [0.15, 0.2) is 30.3 Å². The molecule has 1 aliphatic carbocycles. The van der Waals surface area contributed by atoms with Gasteiger partial charge in [-0.05, 0) is 74.4 Å². The lowest BCUT2D eigenvalue weighted by Gasteiger charge is -2.35. The lowest BCUT2D eigenvalue weighted by Crippen LogP contribution is -2.41. The van der Waals surface area contributed by atoms with Crippen LogP contribution >= 0.6 is 0 Å². The molecule has 1 heterocycles. The molecule has 0 radical (unpaired) electrons. The fraction of sp³-hybridized carbons (Fsp3) is 0.480. The summed E-state index contributed by atoms with van der Waals surface area (Å²) < 4.78 is 22.5. The van der Waals surface area contributed by atoms with E-state index in [9.17, 15) is 4.79 Å². The predicted molar refractivity (Wildman–Crippen MR) is 123 cm³/mol. The van der Waals surface area contributed by atoms with E-state index in [1.807, 2.05) is 42.2 Å². The number of amides is 2. The van der Waals surface area contributed by atoms with E-state index in [0.717, 1.165) is 24.8 Å². The van der Waals surface area contributed by atoms with Crippen LogP contribution in [-0.2, 0) is 6.42 Å². The Bertz CT molecular complexity index is 971. The van der Waals surface area contributed by atoms with Gasteiger partial charge in [0.1, 0.15) is 0 Å². The molecule has 4 rings (SSSR count). The van der Waals surface area contributed by atoms with Gasteiger partial charge in [-0.15, -0.1) is 0 Å². The molecule has 2 aromatic carbocycles. The fourth-order valence-corrected chi connectivity index (χ4v) is 4.65. The number of hydrogen-bond donors (Lipinski definition) is 1. The highest BCUT2D eigenvalue weighted by molar-refractivity contribution is 5.90. The first-order valence-electron chi connectivity index (χ1n) is 11.2. The molecule has 0 saturated heterocycles. The Morgan fingerprint density at radius 2 is 1.62 bits per heavy atom. The zero-order chi connectivity index (χ0) is 22.7. The summed E-state index contributed by atoms with van der Waals surface area (Å²) in [6, 6.07) is 9.28. The van der Waals surface area contributed by atoms with Gasteiger partial charge in [0.2, 0.25) is 0 Å². The molecule has 2 aromatic rings. The molecule has 2 amide bonds. The van der Waals surface area contributed by atoms with Crippen LogP contribution < -0.4 is 24.3 Å². The van der Waals surface area contributed by atoms with Gasteiger partial charge in [0.25, 0.3) is 0 Å². The maximum absolute atomic E-state index is 13.2. The van der Waals surface area contributed by atoms with Gasteiger partial charge in [0.15, 0.2) is 23.0 Å². The van der Waals surface area contributed by atoms with Crippen LogP contribution in [0.2, 0.25) is 0 Å². The monoisotopic (exact) mass is 440 g/mol. The number of rotatable bonds is 6. The number of anilines is 1. The average Bonchev–Trinajstić information content (AvgIpc) is 3.31. The van der Waals surface area contributed by atoms with E-state index in [0.29, 0.717) is 35.2 Å². The largest absolute Gasteiger partial charge is 0.493 e. The summed E-state index contributed by atoms with van der Waals surface area (Å²) in [5.41, 5.74) is 2.94. The van der Waals surface area contributed by atoms with Crippen molar-refractivity contribution in [2.24, 2.45) is 0 Å².